The van der Waals surface area contributed by atoms with Crippen LogP contribution in [0.25, 0.3) is 6.08 Å². The van der Waals surface area contributed by atoms with Gasteiger partial charge in [-0.2, -0.15) is 0 Å². The second-order valence-corrected chi connectivity index (χ2v) is 5.03. The molecule has 1 heterocycles. The van der Waals surface area contributed by atoms with Crippen LogP contribution in [0, 0.1) is 0 Å². The first kappa shape index (κ1) is 10.6. The summed E-state index contributed by atoms with van der Waals surface area (Å²) in [6.45, 7) is 0.939. The van der Waals surface area contributed by atoms with Gasteiger partial charge in [-0.3, -0.25) is 0 Å². The van der Waals surface area contributed by atoms with Crippen LogP contribution in [0.15, 0.2) is 59.2 Å². The molecule has 2 aromatic carbocycles. The van der Waals surface area contributed by atoms with Crippen LogP contribution in [0.4, 0.5) is 5.69 Å². The molecule has 1 aliphatic heterocycles. The molecular weight excluding hydrogens is 274 g/mol. The third kappa shape index (κ3) is 2.13. The van der Waals surface area contributed by atoms with Gasteiger partial charge in [0.15, 0.2) is 0 Å². The van der Waals surface area contributed by atoms with Gasteiger partial charge in [-0.1, -0.05) is 40.2 Å². The Kier molecular flexibility index (Phi) is 2.73. The number of nitrogens with zero attached hydrogens (tertiary/aromatic N) is 1. The molecule has 0 amide bonds. The fourth-order valence-corrected chi connectivity index (χ4v) is 2.32. The van der Waals surface area contributed by atoms with Crippen LogP contribution >= 0.6 is 15.9 Å². The molecule has 84 valence electrons. The molecule has 0 aromatic heterocycles. The Bertz CT molecular complexity index is 557. The van der Waals surface area contributed by atoms with Gasteiger partial charge in [0.2, 0.25) is 0 Å². The summed E-state index contributed by atoms with van der Waals surface area (Å²) in [4.78, 5) is 2.26. The van der Waals surface area contributed by atoms with Gasteiger partial charge in [-0.25, -0.2) is 0 Å². The van der Waals surface area contributed by atoms with E-state index in [4.69, 9.17) is 0 Å². The molecule has 0 saturated heterocycles. The Morgan fingerprint density at radius 1 is 0.941 bits per heavy atom. The van der Waals surface area contributed by atoms with E-state index in [1.807, 2.05) is 0 Å². The predicted octanol–water partition coefficient (Wildman–Crippen LogP) is 4.44. The molecule has 17 heavy (non-hydrogen) atoms. The second-order valence-electron chi connectivity index (χ2n) is 4.12. The van der Waals surface area contributed by atoms with E-state index in [9.17, 15) is 0 Å². The highest BCUT2D eigenvalue weighted by Gasteiger charge is 2.10. The first-order valence-corrected chi connectivity index (χ1v) is 6.40. The Morgan fingerprint density at radius 3 is 2.53 bits per heavy atom. The fraction of sp³-hybridized carbons (Fsp3) is 0.0667. The summed E-state index contributed by atoms with van der Waals surface area (Å²) in [5.74, 6) is 0. The Hall–Kier alpha value is -1.54. The molecule has 0 N–H and O–H groups in total. The third-order valence-electron chi connectivity index (χ3n) is 2.99. The Morgan fingerprint density at radius 2 is 1.71 bits per heavy atom. The van der Waals surface area contributed by atoms with Crippen molar-refractivity contribution in [3.8, 4) is 0 Å². The largest absolute Gasteiger partial charge is 0.344 e. The molecule has 2 aromatic rings. The fourth-order valence-electron chi connectivity index (χ4n) is 2.06. The zero-order valence-corrected chi connectivity index (χ0v) is 10.9. The highest BCUT2D eigenvalue weighted by atomic mass is 79.9. The molecule has 0 bridgehead atoms. The predicted molar refractivity (Wildman–Crippen MR) is 75.8 cm³/mol. The number of hydrogen-bond acceptors (Lipinski definition) is 1. The third-order valence-corrected chi connectivity index (χ3v) is 3.52. The smallest absolute Gasteiger partial charge is 0.0481 e. The molecular formula is C15H12BrN. The number of fused-ring (bicyclic) bond motifs is 1. The minimum atomic E-state index is 0.939. The zero-order chi connectivity index (χ0) is 11.7. The molecule has 0 unspecified atom stereocenters. The summed E-state index contributed by atoms with van der Waals surface area (Å²) in [6.07, 6.45) is 4.31. The molecule has 0 atom stereocenters. The van der Waals surface area contributed by atoms with Crippen LogP contribution in [-0.4, -0.2) is 0 Å². The van der Waals surface area contributed by atoms with Gasteiger partial charge in [0.25, 0.3) is 0 Å². The number of anilines is 1. The lowest BCUT2D eigenvalue weighted by atomic mass is 10.0. The van der Waals surface area contributed by atoms with E-state index in [0.717, 1.165) is 11.0 Å². The van der Waals surface area contributed by atoms with E-state index in [0.29, 0.717) is 0 Å². The molecule has 0 saturated carbocycles. The van der Waals surface area contributed by atoms with Gasteiger partial charge in [0.1, 0.15) is 0 Å². The zero-order valence-electron chi connectivity index (χ0n) is 9.31. The minimum Gasteiger partial charge on any atom is -0.344 e. The maximum atomic E-state index is 3.46. The summed E-state index contributed by atoms with van der Waals surface area (Å²) >= 11 is 3.46. The molecule has 3 rings (SSSR count). The van der Waals surface area contributed by atoms with Crippen molar-refractivity contribution in [2.75, 3.05) is 4.90 Å². The highest BCUT2D eigenvalue weighted by Crippen LogP contribution is 2.25. The molecule has 0 spiro atoms. The summed E-state index contributed by atoms with van der Waals surface area (Å²) in [7, 11) is 0. The first-order valence-electron chi connectivity index (χ1n) is 5.61. The van der Waals surface area contributed by atoms with Crippen molar-refractivity contribution in [1.82, 2.24) is 0 Å². The van der Waals surface area contributed by atoms with Crippen molar-refractivity contribution in [1.29, 1.82) is 0 Å². The average Bonchev–Trinajstić information content (AvgIpc) is 2.39. The van der Waals surface area contributed by atoms with Gasteiger partial charge in [-0.15, -0.1) is 0 Å². The van der Waals surface area contributed by atoms with Crippen molar-refractivity contribution in [3.05, 3.63) is 70.3 Å². The van der Waals surface area contributed by atoms with Gasteiger partial charge in [0, 0.05) is 22.9 Å². The maximum absolute atomic E-state index is 3.46. The number of rotatable bonds is 1. The summed E-state index contributed by atoms with van der Waals surface area (Å²) in [6, 6.07) is 16.9. The Balaban J connectivity index is 1.92. The normalized spacial score (nSPS) is 13.6. The van der Waals surface area contributed by atoms with Crippen LogP contribution < -0.4 is 4.90 Å². The van der Waals surface area contributed by atoms with Crippen LogP contribution in [-0.2, 0) is 6.54 Å². The average molecular weight is 286 g/mol. The van der Waals surface area contributed by atoms with Crippen molar-refractivity contribution in [3.63, 3.8) is 0 Å². The first-order chi connectivity index (χ1) is 8.33. The van der Waals surface area contributed by atoms with Crippen LogP contribution in [0.3, 0.4) is 0 Å². The summed E-state index contributed by atoms with van der Waals surface area (Å²) < 4.78 is 1.11. The standard InChI is InChI=1S/C15H12BrN/c16-14-5-7-15(8-6-14)17-10-9-12-3-1-2-4-13(12)11-17/h1-10H,11H2. The lowest BCUT2D eigenvalue weighted by molar-refractivity contribution is 0.954. The SMILES string of the molecule is Brc1ccc(N2C=Cc3ccccc3C2)cc1. The van der Waals surface area contributed by atoms with Gasteiger partial charge in [-0.05, 0) is 41.5 Å². The second kappa shape index (κ2) is 4.38. The van der Waals surface area contributed by atoms with E-state index < -0.39 is 0 Å². The molecule has 1 nitrogen and oxygen atoms in total. The van der Waals surface area contributed by atoms with Crippen molar-refractivity contribution < 1.29 is 0 Å². The van der Waals surface area contributed by atoms with Crippen LogP contribution in [0.2, 0.25) is 0 Å². The number of halogens is 1. The van der Waals surface area contributed by atoms with Gasteiger partial charge >= 0.3 is 0 Å². The quantitative estimate of drug-likeness (QED) is 0.749. The number of benzene rings is 2. The molecule has 0 radical (unpaired) electrons. The van der Waals surface area contributed by atoms with E-state index >= 15 is 0 Å². The van der Waals surface area contributed by atoms with Crippen molar-refractivity contribution >= 4 is 27.7 Å². The monoisotopic (exact) mass is 285 g/mol. The molecule has 0 fully saturated rings. The number of hydrogen-bond donors (Lipinski definition) is 0. The topological polar surface area (TPSA) is 3.24 Å². The van der Waals surface area contributed by atoms with E-state index in [2.05, 4.69) is 81.6 Å². The minimum absolute atomic E-state index is 0.939. The van der Waals surface area contributed by atoms with Gasteiger partial charge < -0.3 is 4.90 Å². The van der Waals surface area contributed by atoms with Gasteiger partial charge in [0.05, 0.1) is 0 Å². The van der Waals surface area contributed by atoms with Crippen molar-refractivity contribution in [2.45, 2.75) is 6.54 Å². The lowest BCUT2D eigenvalue weighted by Gasteiger charge is -2.25. The summed E-state index contributed by atoms with van der Waals surface area (Å²) in [5.41, 5.74) is 3.91. The molecule has 1 aliphatic rings. The van der Waals surface area contributed by atoms with Crippen LogP contribution in [0.5, 0.6) is 0 Å². The Labute approximate surface area is 110 Å². The van der Waals surface area contributed by atoms with Crippen LogP contribution in [0.1, 0.15) is 11.1 Å². The molecule has 2 heteroatoms. The lowest BCUT2D eigenvalue weighted by Crippen LogP contribution is -2.18. The highest BCUT2D eigenvalue weighted by molar-refractivity contribution is 9.10. The van der Waals surface area contributed by atoms with E-state index in [-0.39, 0.29) is 0 Å². The van der Waals surface area contributed by atoms with E-state index in [1.54, 1.807) is 0 Å². The summed E-state index contributed by atoms with van der Waals surface area (Å²) in [5, 5.41) is 0. The molecule has 0 aliphatic carbocycles. The van der Waals surface area contributed by atoms with E-state index in [1.165, 1.54) is 16.8 Å². The van der Waals surface area contributed by atoms with Crippen molar-refractivity contribution in [2.24, 2.45) is 0 Å². The maximum Gasteiger partial charge on any atom is 0.0481 e.